The number of carbonyl (C=O) groups is 2. The third-order valence-electron chi connectivity index (χ3n) is 6.09. The Morgan fingerprint density at radius 2 is 1.86 bits per heavy atom. The molecule has 28 heavy (non-hydrogen) atoms. The fourth-order valence-electron chi connectivity index (χ4n) is 4.55. The van der Waals surface area contributed by atoms with Crippen molar-refractivity contribution in [2.75, 3.05) is 19.6 Å². The van der Waals surface area contributed by atoms with Crippen molar-refractivity contribution in [2.24, 2.45) is 5.92 Å². The van der Waals surface area contributed by atoms with Gasteiger partial charge in [-0.3, -0.25) is 14.5 Å². The molecule has 5 nitrogen and oxygen atoms in total. The van der Waals surface area contributed by atoms with E-state index in [-0.39, 0.29) is 17.9 Å². The van der Waals surface area contributed by atoms with E-state index in [4.69, 9.17) is 0 Å². The quantitative estimate of drug-likeness (QED) is 0.756. The Morgan fingerprint density at radius 3 is 2.43 bits per heavy atom. The Hall–Kier alpha value is -1.40. The highest BCUT2D eigenvalue weighted by atomic mass is 32.1. The largest absolute Gasteiger partial charge is 0.342 e. The highest BCUT2D eigenvalue weighted by molar-refractivity contribution is 7.11. The summed E-state index contributed by atoms with van der Waals surface area (Å²) in [6.07, 6.45) is 4.13. The van der Waals surface area contributed by atoms with Crippen LogP contribution in [0.4, 0.5) is 0 Å². The van der Waals surface area contributed by atoms with Crippen molar-refractivity contribution < 1.29 is 9.59 Å². The first kappa shape index (κ1) is 21.3. The van der Waals surface area contributed by atoms with Gasteiger partial charge in [-0.15, -0.1) is 11.3 Å². The number of piperidine rings is 1. The molecule has 3 rings (SSSR count). The second-order valence-electron chi connectivity index (χ2n) is 8.67. The zero-order chi connectivity index (χ0) is 20.3. The van der Waals surface area contributed by atoms with Gasteiger partial charge in [-0.2, -0.15) is 0 Å². The molecule has 0 aromatic carbocycles. The van der Waals surface area contributed by atoms with Gasteiger partial charge < -0.3 is 10.2 Å². The van der Waals surface area contributed by atoms with E-state index in [0.29, 0.717) is 18.9 Å². The van der Waals surface area contributed by atoms with Crippen molar-refractivity contribution >= 4 is 23.2 Å². The van der Waals surface area contributed by atoms with Gasteiger partial charge in [-0.25, -0.2) is 0 Å². The van der Waals surface area contributed by atoms with Crippen molar-refractivity contribution in [1.82, 2.24) is 15.1 Å². The summed E-state index contributed by atoms with van der Waals surface area (Å²) in [5, 5.41) is 3.08. The van der Waals surface area contributed by atoms with Crippen LogP contribution in [0.3, 0.4) is 0 Å². The van der Waals surface area contributed by atoms with Crippen molar-refractivity contribution in [3.05, 3.63) is 21.9 Å². The molecule has 156 valence electrons. The zero-order valence-corrected chi connectivity index (χ0v) is 18.6. The minimum absolute atomic E-state index is 0.0650. The van der Waals surface area contributed by atoms with E-state index in [1.165, 1.54) is 9.75 Å². The summed E-state index contributed by atoms with van der Waals surface area (Å²) in [6, 6.07) is 4.09. The molecule has 1 unspecified atom stereocenters. The molecule has 2 fully saturated rings. The molecule has 2 aliphatic rings. The molecular weight excluding hydrogens is 370 g/mol. The van der Waals surface area contributed by atoms with Crippen molar-refractivity contribution in [1.29, 1.82) is 0 Å². The minimum Gasteiger partial charge on any atom is -0.342 e. The topological polar surface area (TPSA) is 52.7 Å². The van der Waals surface area contributed by atoms with Crippen LogP contribution in [-0.4, -0.2) is 52.8 Å². The molecule has 3 heterocycles. The average molecular weight is 406 g/mol. The first-order valence-corrected chi connectivity index (χ1v) is 11.6. The summed E-state index contributed by atoms with van der Waals surface area (Å²) in [7, 11) is 0. The van der Waals surface area contributed by atoms with Gasteiger partial charge in [0, 0.05) is 35.9 Å². The van der Waals surface area contributed by atoms with Crippen LogP contribution in [0.2, 0.25) is 0 Å². The summed E-state index contributed by atoms with van der Waals surface area (Å²) in [4.78, 5) is 33.5. The van der Waals surface area contributed by atoms with Gasteiger partial charge in [0.25, 0.3) is 0 Å². The number of aryl methyl sites for hydroxylation is 1. The van der Waals surface area contributed by atoms with Gasteiger partial charge in [0.05, 0.1) is 0 Å². The van der Waals surface area contributed by atoms with Gasteiger partial charge >= 0.3 is 0 Å². The van der Waals surface area contributed by atoms with Crippen LogP contribution in [-0.2, 0) is 22.6 Å². The van der Waals surface area contributed by atoms with Gasteiger partial charge in [0.2, 0.25) is 11.8 Å². The van der Waals surface area contributed by atoms with E-state index >= 15 is 0 Å². The molecule has 1 atom stereocenters. The van der Waals surface area contributed by atoms with Gasteiger partial charge in [0.1, 0.15) is 11.6 Å². The van der Waals surface area contributed by atoms with Crippen LogP contribution in [0.1, 0.15) is 63.1 Å². The smallest absolute Gasteiger partial charge is 0.246 e. The number of thiophene rings is 1. The summed E-state index contributed by atoms with van der Waals surface area (Å²) in [5.74, 6) is 0.567. The number of rotatable bonds is 7. The second kappa shape index (κ2) is 8.95. The number of carbonyl (C=O) groups excluding carboxylic acids is 2. The lowest BCUT2D eigenvalue weighted by atomic mass is 9.81. The van der Waals surface area contributed by atoms with Crippen LogP contribution in [0.25, 0.3) is 0 Å². The molecular formula is C22H35N3O2S. The van der Waals surface area contributed by atoms with Gasteiger partial charge in [-0.1, -0.05) is 27.7 Å². The maximum Gasteiger partial charge on any atom is 0.246 e. The van der Waals surface area contributed by atoms with Crippen LogP contribution < -0.4 is 5.32 Å². The normalized spacial score (nSPS) is 22.9. The van der Waals surface area contributed by atoms with E-state index in [1.54, 1.807) is 0 Å². The third kappa shape index (κ3) is 4.28. The maximum absolute atomic E-state index is 13.2. The monoisotopic (exact) mass is 405 g/mol. The van der Waals surface area contributed by atoms with Crippen molar-refractivity contribution in [3.63, 3.8) is 0 Å². The number of hydrogen-bond donors (Lipinski definition) is 1. The summed E-state index contributed by atoms with van der Waals surface area (Å²) in [5.41, 5.74) is -0.652. The maximum atomic E-state index is 13.2. The van der Waals surface area contributed by atoms with E-state index in [2.05, 4.69) is 50.0 Å². The Balaban J connectivity index is 1.70. The van der Waals surface area contributed by atoms with E-state index in [0.717, 1.165) is 45.3 Å². The van der Waals surface area contributed by atoms with Gasteiger partial charge in [0.15, 0.2) is 0 Å². The SMILES string of the molecule is CCCN1C(=O)C(CC(C)C)NC(=O)C12CCN(Cc1ccc(CC)s1)CC2. The Morgan fingerprint density at radius 1 is 1.18 bits per heavy atom. The molecule has 1 spiro atoms. The lowest BCUT2D eigenvalue weighted by molar-refractivity contribution is -0.161. The number of likely N-dealkylation sites (tertiary alicyclic amines) is 1. The predicted molar refractivity (Wildman–Crippen MR) is 114 cm³/mol. The molecule has 2 amide bonds. The molecule has 1 aromatic heterocycles. The molecule has 0 aliphatic carbocycles. The van der Waals surface area contributed by atoms with Crippen LogP contribution >= 0.6 is 11.3 Å². The molecule has 0 bridgehead atoms. The predicted octanol–water partition coefficient (Wildman–Crippen LogP) is 3.43. The number of piperazine rings is 1. The summed E-state index contributed by atoms with van der Waals surface area (Å²) < 4.78 is 0. The number of amides is 2. The summed E-state index contributed by atoms with van der Waals surface area (Å²) in [6.45, 7) is 11.8. The lowest BCUT2D eigenvalue weighted by Gasteiger charge is -2.51. The van der Waals surface area contributed by atoms with Gasteiger partial charge in [-0.05, 0) is 50.2 Å². The summed E-state index contributed by atoms with van der Waals surface area (Å²) >= 11 is 1.88. The first-order valence-electron chi connectivity index (χ1n) is 10.8. The number of nitrogens with one attached hydrogen (secondary N) is 1. The lowest BCUT2D eigenvalue weighted by Crippen LogP contribution is -2.72. The Labute approximate surface area is 173 Å². The molecule has 1 aromatic rings. The molecule has 2 aliphatic heterocycles. The molecule has 6 heteroatoms. The van der Waals surface area contributed by atoms with E-state index in [9.17, 15) is 9.59 Å². The Bertz CT molecular complexity index is 692. The fraction of sp³-hybridized carbons (Fsp3) is 0.727. The van der Waals surface area contributed by atoms with E-state index in [1.807, 2.05) is 16.2 Å². The molecule has 2 saturated heterocycles. The first-order chi connectivity index (χ1) is 13.4. The van der Waals surface area contributed by atoms with Crippen molar-refractivity contribution in [3.8, 4) is 0 Å². The molecule has 1 N–H and O–H groups in total. The zero-order valence-electron chi connectivity index (χ0n) is 17.8. The molecule has 0 saturated carbocycles. The third-order valence-corrected chi connectivity index (χ3v) is 7.31. The highest BCUT2D eigenvalue weighted by Gasteiger charge is 2.53. The van der Waals surface area contributed by atoms with Crippen LogP contribution in [0.15, 0.2) is 12.1 Å². The fourth-order valence-corrected chi connectivity index (χ4v) is 5.55. The second-order valence-corrected chi connectivity index (χ2v) is 9.93. The Kier molecular flexibility index (Phi) is 6.81. The van der Waals surface area contributed by atoms with E-state index < -0.39 is 5.54 Å². The minimum atomic E-state index is -0.652. The number of hydrogen-bond acceptors (Lipinski definition) is 4. The average Bonchev–Trinajstić information content (AvgIpc) is 3.12. The van der Waals surface area contributed by atoms with Crippen molar-refractivity contribution in [2.45, 2.75) is 77.9 Å². The number of nitrogens with zero attached hydrogens (tertiary/aromatic N) is 2. The molecule has 0 radical (unpaired) electrons. The van der Waals surface area contributed by atoms with Crippen LogP contribution in [0, 0.1) is 5.92 Å². The highest BCUT2D eigenvalue weighted by Crippen LogP contribution is 2.35. The standard InChI is InChI=1S/C22H35N3O2S/c1-5-11-25-20(26)19(14-16(3)4)23-21(27)22(25)9-12-24(13-10-22)15-18-8-7-17(6-2)28-18/h7-8,16,19H,5-6,9-15H2,1-4H3,(H,23,27). The van der Waals surface area contributed by atoms with Crippen LogP contribution in [0.5, 0.6) is 0 Å².